The van der Waals surface area contributed by atoms with Crippen LogP contribution in [0.3, 0.4) is 0 Å². The van der Waals surface area contributed by atoms with Crippen molar-refractivity contribution in [2.24, 2.45) is 0 Å². The van der Waals surface area contributed by atoms with Crippen LogP contribution in [0.5, 0.6) is 0 Å². The molecule has 3 nitrogen and oxygen atoms in total. The molecule has 0 bridgehead atoms. The molecular formula is C9H11BO3. The number of Topliss-reactive ketones (excluding diaryl/α,β-unsaturated/α-hetero) is 1. The number of hydrogen-bond donors (Lipinski definition) is 1. The minimum absolute atomic E-state index is 0.0125. The van der Waals surface area contributed by atoms with Gasteiger partial charge in [-0.25, -0.2) is 0 Å². The molecule has 0 unspecified atom stereocenters. The molecule has 0 heterocycles. The Morgan fingerprint density at radius 1 is 1.38 bits per heavy atom. The van der Waals surface area contributed by atoms with Gasteiger partial charge >= 0.3 is 7.12 Å². The monoisotopic (exact) mass is 178 g/mol. The van der Waals surface area contributed by atoms with Crippen molar-refractivity contribution in [3.8, 4) is 0 Å². The van der Waals surface area contributed by atoms with Gasteiger partial charge in [-0.05, 0) is 12.4 Å². The molecule has 4 heteroatoms. The number of ketones is 1. The molecule has 0 fully saturated rings. The molecule has 0 aromatic heterocycles. The highest BCUT2D eigenvalue weighted by atomic mass is 16.5. The van der Waals surface area contributed by atoms with E-state index < -0.39 is 7.12 Å². The second-order valence-electron chi connectivity index (χ2n) is 2.77. The molecule has 0 saturated heterocycles. The first-order chi connectivity index (χ1) is 6.15. The summed E-state index contributed by atoms with van der Waals surface area (Å²) >= 11 is 0. The molecule has 0 aliphatic carbocycles. The summed E-state index contributed by atoms with van der Waals surface area (Å²) in [6, 6.07) is 6.68. The van der Waals surface area contributed by atoms with Crippen LogP contribution in [0.15, 0.2) is 24.3 Å². The fraction of sp³-hybridized carbons (Fsp3) is 0.222. The standard InChI is InChI=1S/C9H11BO3/c1-7(11)8-3-5-9(6-4-8)10(12)13-2/h3-6,12H,1-2H3. The Bertz CT molecular complexity index is 294. The molecule has 1 aromatic rings. The summed E-state index contributed by atoms with van der Waals surface area (Å²) in [5.41, 5.74) is 1.28. The van der Waals surface area contributed by atoms with Crippen LogP contribution in [0.1, 0.15) is 17.3 Å². The summed E-state index contributed by atoms with van der Waals surface area (Å²) in [6.45, 7) is 1.50. The molecule has 0 spiro atoms. The zero-order valence-corrected chi connectivity index (χ0v) is 7.65. The lowest BCUT2D eigenvalue weighted by molar-refractivity contribution is 0.101. The van der Waals surface area contributed by atoms with E-state index in [1.54, 1.807) is 24.3 Å². The fourth-order valence-corrected chi connectivity index (χ4v) is 1.02. The van der Waals surface area contributed by atoms with Crippen molar-refractivity contribution in [1.82, 2.24) is 0 Å². The Balaban J connectivity index is 2.87. The highest BCUT2D eigenvalue weighted by Crippen LogP contribution is 1.98. The van der Waals surface area contributed by atoms with Gasteiger partial charge in [0.25, 0.3) is 0 Å². The maximum Gasteiger partial charge on any atom is 0.490 e. The Kier molecular flexibility index (Phi) is 3.22. The Hall–Kier alpha value is -1.13. The van der Waals surface area contributed by atoms with Crippen molar-refractivity contribution in [3.05, 3.63) is 29.8 Å². The van der Waals surface area contributed by atoms with E-state index in [-0.39, 0.29) is 5.78 Å². The molecule has 0 atom stereocenters. The third-order valence-corrected chi connectivity index (χ3v) is 1.83. The SMILES string of the molecule is COB(O)c1ccc(C(C)=O)cc1. The molecular weight excluding hydrogens is 167 g/mol. The summed E-state index contributed by atoms with van der Waals surface area (Å²) in [5, 5.41) is 9.25. The van der Waals surface area contributed by atoms with Crippen LogP contribution >= 0.6 is 0 Å². The Morgan fingerprint density at radius 3 is 2.31 bits per heavy atom. The maximum atomic E-state index is 10.9. The van der Waals surface area contributed by atoms with Crippen LogP contribution in [0, 0.1) is 0 Å². The average Bonchev–Trinajstić information content (AvgIpc) is 2.17. The maximum absolute atomic E-state index is 10.9. The van der Waals surface area contributed by atoms with Crippen molar-refractivity contribution in [1.29, 1.82) is 0 Å². The van der Waals surface area contributed by atoms with Crippen molar-refractivity contribution < 1.29 is 14.5 Å². The quantitative estimate of drug-likeness (QED) is 0.532. The lowest BCUT2D eigenvalue weighted by atomic mass is 9.79. The lowest BCUT2D eigenvalue weighted by Gasteiger charge is -2.03. The van der Waals surface area contributed by atoms with Crippen LogP contribution < -0.4 is 5.46 Å². The minimum Gasteiger partial charge on any atom is -0.423 e. The van der Waals surface area contributed by atoms with Gasteiger partial charge < -0.3 is 9.68 Å². The molecule has 1 rings (SSSR count). The lowest BCUT2D eigenvalue weighted by Crippen LogP contribution is -2.32. The Morgan fingerprint density at radius 2 is 1.92 bits per heavy atom. The first-order valence-corrected chi connectivity index (χ1v) is 3.97. The first-order valence-electron chi connectivity index (χ1n) is 3.97. The zero-order valence-electron chi connectivity index (χ0n) is 7.65. The van der Waals surface area contributed by atoms with Gasteiger partial charge in [-0.2, -0.15) is 0 Å². The van der Waals surface area contributed by atoms with E-state index >= 15 is 0 Å². The summed E-state index contributed by atoms with van der Waals surface area (Å²) in [4.78, 5) is 10.9. The molecule has 1 N–H and O–H groups in total. The third-order valence-electron chi connectivity index (χ3n) is 1.83. The highest BCUT2D eigenvalue weighted by Gasteiger charge is 2.13. The second kappa shape index (κ2) is 4.21. The van der Waals surface area contributed by atoms with Gasteiger partial charge in [0.1, 0.15) is 0 Å². The normalized spacial score (nSPS) is 9.77. The van der Waals surface area contributed by atoms with E-state index in [9.17, 15) is 9.82 Å². The first kappa shape index (κ1) is 9.96. The molecule has 13 heavy (non-hydrogen) atoms. The van der Waals surface area contributed by atoms with Crippen molar-refractivity contribution >= 4 is 18.4 Å². The zero-order chi connectivity index (χ0) is 9.84. The van der Waals surface area contributed by atoms with Crippen LogP contribution in [-0.4, -0.2) is 25.0 Å². The average molecular weight is 178 g/mol. The van der Waals surface area contributed by atoms with E-state index in [1.165, 1.54) is 14.0 Å². The predicted octanol–water partition coefficient (Wildman–Crippen LogP) is 0.223. The van der Waals surface area contributed by atoms with Crippen molar-refractivity contribution in [3.63, 3.8) is 0 Å². The molecule has 0 saturated carbocycles. The van der Waals surface area contributed by atoms with E-state index in [0.717, 1.165) is 0 Å². The fourth-order valence-electron chi connectivity index (χ4n) is 1.02. The number of hydrogen-bond acceptors (Lipinski definition) is 3. The number of rotatable bonds is 3. The van der Waals surface area contributed by atoms with Gasteiger partial charge in [0.2, 0.25) is 0 Å². The van der Waals surface area contributed by atoms with Gasteiger partial charge in [0, 0.05) is 12.7 Å². The molecule has 0 aliphatic rings. The minimum atomic E-state index is -0.916. The molecule has 1 aromatic carbocycles. The highest BCUT2D eigenvalue weighted by molar-refractivity contribution is 6.59. The van der Waals surface area contributed by atoms with Gasteiger partial charge in [-0.3, -0.25) is 4.79 Å². The molecule has 0 aliphatic heterocycles. The van der Waals surface area contributed by atoms with Crippen LogP contribution in [-0.2, 0) is 4.65 Å². The van der Waals surface area contributed by atoms with Crippen LogP contribution in [0.4, 0.5) is 0 Å². The summed E-state index contributed by atoms with van der Waals surface area (Å²) in [5.74, 6) is 0.0125. The van der Waals surface area contributed by atoms with E-state index in [1.807, 2.05) is 0 Å². The molecule has 0 radical (unpaired) electrons. The van der Waals surface area contributed by atoms with E-state index in [4.69, 9.17) is 4.65 Å². The van der Waals surface area contributed by atoms with Gasteiger partial charge in [0.05, 0.1) is 0 Å². The summed E-state index contributed by atoms with van der Waals surface area (Å²) < 4.78 is 4.71. The van der Waals surface area contributed by atoms with Gasteiger partial charge in [0.15, 0.2) is 5.78 Å². The largest absolute Gasteiger partial charge is 0.490 e. The summed E-state index contributed by atoms with van der Waals surface area (Å²) in [7, 11) is 0.504. The van der Waals surface area contributed by atoms with E-state index in [0.29, 0.717) is 11.0 Å². The molecule has 68 valence electrons. The molecule has 0 amide bonds. The number of carbonyl (C=O) groups is 1. The Labute approximate surface area is 77.5 Å². The second-order valence-corrected chi connectivity index (χ2v) is 2.77. The van der Waals surface area contributed by atoms with Gasteiger partial charge in [-0.15, -0.1) is 0 Å². The van der Waals surface area contributed by atoms with Crippen molar-refractivity contribution in [2.75, 3.05) is 7.11 Å². The number of carbonyl (C=O) groups excluding carboxylic acids is 1. The summed E-state index contributed by atoms with van der Waals surface area (Å²) in [6.07, 6.45) is 0. The van der Waals surface area contributed by atoms with Crippen LogP contribution in [0.2, 0.25) is 0 Å². The third kappa shape index (κ3) is 2.40. The topological polar surface area (TPSA) is 46.5 Å². The number of benzene rings is 1. The van der Waals surface area contributed by atoms with E-state index in [2.05, 4.69) is 0 Å². The van der Waals surface area contributed by atoms with Gasteiger partial charge in [-0.1, -0.05) is 24.3 Å². The smallest absolute Gasteiger partial charge is 0.423 e. The predicted molar refractivity (Wildman–Crippen MR) is 51.1 cm³/mol. The van der Waals surface area contributed by atoms with Crippen molar-refractivity contribution in [2.45, 2.75) is 6.92 Å². The van der Waals surface area contributed by atoms with Crippen LogP contribution in [0.25, 0.3) is 0 Å².